The van der Waals surface area contributed by atoms with E-state index in [9.17, 15) is 0 Å². The van der Waals surface area contributed by atoms with Crippen LogP contribution >= 0.6 is 0 Å². The minimum Gasteiger partial charge on any atom is -0.508 e. The monoisotopic (exact) mass is 218 g/mol. The number of hydrogen-bond acceptors (Lipinski definition) is 4. The number of phenolic OH excluding ortho intramolecular Hbond substituents is 1. The van der Waals surface area contributed by atoms with Gasteiger partial charge in [0.1, 0.15) is 12.1 Å². The molecule has 0 amide bonds. The number of rotatable bonds is 5. The lowest BCUT2D eigenvalue weighted by atomic mass is 10.1. The smallest absolute Gasteiger partial charge is 0.138 e. The largest absolute Gasteiger partial charge is 0.508 e. The summed E-state index contributed by atoms with van der Waals surface area (Å²) >= 11 is 0. The lowest BCUT2D eigenvalue weighted by Crippen LogP contribution is -1.99. The van der Waals surface area contributed by atoms with Crippen LogP contribution in [0, 0.1) is 0 Å². The van der Waals surface area contributed by atoms with Gasteiger partial charge in [0, 0.05) is 6.54 Å². The minimum atomic E-state index is 0.317. The quantitative estimate of drug-likeness (QED) is 0.770. The topological polar surface area (TPSA) is 63.8 Å². The maximum atomic E-state index is 9.13. The highest BCUT2D eigenvalue weighted by molar-refractivity contribution is 5.25. The molecule has 5 heteroatoms. The molecule has 0 saturated carbocycles. The lowest BCUT2D eigenvalue weighted by molar-refractivity contribution is 0.475. The van der Waals surface area contributed by atoms with Gasteiger partial charge in [0.15, 0.2) is 0 Å². The zero-order valence-electron chi connectivity index (χ0n) is 8.95. The van der Waals surface area contributed by atoms with E-state index in [2.05, 4.69) is 15.5 Å². The first-order chi connectivity index (χ1) is 7.84. The number of aryl methyl sites for hydroxylation is 2. The van der Waals surface area contributed by atoms with Crippen LogP contribution in [0.3, 0.4) is 0 Å². The second-order valence-corrected chi connectivity index (χ2v) is 3.70. The summed E-state index contributed by atoms with van der Waals surface area (Å²) in [5, 5.41) is 20.1. The zero-order chi connectivity index (χ0) is 11.2. The molecule has 84 valence electrons. The van der Waals surface area contributed by atoms with Crippen molar-refractivity contribution in [3.05, 3.63) is 36.2 Å². The summed E-state index contributed by atoms with van der Waals surface area (Å²) < 4.78 is 1.73. The standard InChI is InChI=1S/C11H14N4O/c16-11-6-4-10(5-7-11)3-1-2-8-15-9-12-13-14-15/h4-7,9,16H,1-3,8H2. The van der Waals surface area contributed by atoms with Crippen LogP contribution in [0.4, 0.5) is 0 Å². The van der Waals surface area contributed by atoms with E-state index in [1.54, 1.807) is 23.1 Å². The second kappa shape index (κ2) is 5.25. The van der Waals surface area contributed by atoms with E-state index in [-0.39, 0.29) is 0 Å². The minimum absolute atomic E-state index is 0.317. The highest BCUT2D eigenvalue weighted by Gasteiger charge is 1.96. The third kappa shape index (κ3) is 3.05. The number of aromatic nitrogens is 4. The van der Waals surface area contributed by atoms with Gasteiger partial charge in [-0.1, -0.05) is 12.1 Å². The molecular formula is C11H14N4O. The Labute approximate surface area is 93.7 Å². The Morgan fingerprint density at radius 3 is 2.62 bits per heavy atom. The first-order valence-corrected chi connectivity index (χ1v) is 5.33. The van der Waals surface area contributed by atoms with Crippen molar-refractivity contribution in [3.8, 4) is 5.75 Å². The van der Waals surface area contributed by atoms with Gasteiger partial charge >= 0.3 is 0 Å². The summed E-state index contributed by atoms with van der Waals surface area (Å²) in [7, 11) is 0. The van der Waals surface area contributed by atoms with Crippen molar-refractivity contribution in [2.45, 2.75) is 25.8 Å². The third-order valence-electron chi connectivity index (χ3n) is 2.43. The zero-order valence-corrected chi connectivity index (χ0v) is 8.95. The normalized spacial score (nSPS) is 10.5. The molecule has 0 fully saturated rings. The molecule has 0 spiro atoms. The number of hydrogen-bond donors (Lipinski definition) is 1. The lowest BCUT2D eigenvalue weighted by Gasteiger charge is -2.01. The molecule has 1 heterocycles. The van der Waals surface area contributed by atoms with Crippen LogP contribution in [0.1, 0.15) is 18.4 Å². The van der Waals surface area contributed by atoms with Crippen molar-refractivity contribution >= 4 is 0 Å². The number of benzene rings is 1. The number of nitrogens with zero attached hydrogens (tertiary/aromatic N) is 4. The number of tetrazole rings is 1. The highest BCUT2D eigenvalue weighted by atomic mass is 16.3. The van der Waals surface area contributed by atoms with Gasteiger partial charge in [-0.2, -0.15) is 0 Å². The third-order valence-corrected chi connectivity index (χ3v) is 2.43. The maximum Gasteiger partial charge on any atom is 0.138 e. The fraction of sp³-hybridized carbons (Fsp3) is 0.364. The average molecular weight is 218 g/mol. The van der Waals surface area contributed by atoms with Crippen LogP contribution in [-0.2, 0) is 13.0 Å². The fourth-order valence-electron chi connectivity index (χ4n) is 1.55. The molecule has 2 rings (SSSR count). The second-order valence-electron chi connectivity index (χ2n) is 3.70. The number of unbranched alkanes of at least 4 members (excludes halogenated alkanes) is 1. The van der Waals surface area contributed by atoms with Crippen molar-refractivity contribution < 1.29 is 5.11 Å². The Balaban J connectivity index is 1.70. The van der Waals surface area contributed by atoms with Crippen LogP contribution in [-0.4, -0.2) is 25.3 Å². The molecule has 0 radical (unpaired) electrons. The van der Waals surface area contributed by atoms with E-state index >= 15 is 0 Å². The van der Waals surface area contributed by atoms with E-state index in [0.29, 0.717) is 5.75 Å². The van der Waals surface area contributed by atoms with E-state index in [1.807, 2.05) is 12.1 Å². The van der Waals surface area contributed by atoms with Crippen LogP contribution in [0.15, 0.2) is 30.6 Å². The summed E-state index contributed by atoms with van der Waals surface area (Å²) in [5.74, 6) is 0.317. The molecule has 5 nitrogen and oxygen atoms in total. The van der Waals surface area contributed by atoms with Crippen LogP contribution in [0.2, 0.25) is 0 Å². The Hall–Kier alpha value is -1.91. The average Bonchev–Trinajstić information content (AvgIpc) is 2.80. The summed E-state index contributed by atoms with van der Waals surface area (Å²) in [6, 6.07) is 7.34. The van der Waals surface area contributed by atoms with Gasteiger partial charge in [0.25, 0.3) is 0 Å². The molecular weight excluding hydrogens is 204 g/mol. The van der Waals surface area contributed by atoms with Crippen molar-refractivity contribution in [3.63, 3.8) is 0 Å². The van der Waals surface area contributed by atoms with Gasteiger partial charge in [-0.25, -0.2) is 4.68 Å². The molecule has 0 bridgehead atoms. The molecule has 16 heavy (non-hydrogen) atoms. The van der Waals surface area contributed by atoms with Gasteiger partial charge in [-0.3, -0.25) is 0 Å². The first-order valence-electron chi connectivity index (χ1n) is 5.33. The number of phenols is 1. The summed E-state index contributed by atoms with van der Waals surface area (Å²) in [6.07, 6.45) is 4.78. The predicted octanol–water partition coefficient (Wildman–Crippen LogP) is 1.40. The Bertz CT molecular complexity index is 410. The molecule has 2 aromatic rings. The van der Waals surface area contributed by atoms with Crippen molar-refractivity contribution in [1.29, 1.82) is 0 Å². The van der Waals surface area contributed by atoms with Gasteiger partial charge in [-0.05, 0) is 47.4 Å². The van der Waals surface area contributed by atoms with Crippen LogP contribution < -0.4 is 0 Å². The predicted molar refractivity (Wildman–Crippen MR) is 58.9 cm³/mol. The molecule has 1 aromatic heterocycles. The van der Waals surface area contributed by atoms with Crippen molar-refractivity contribution in [2.24, 2.45) is 0 Å². The first kappa shape index (κ1) is 10.6. The van der Waals surface area contributed by atoms with Gasteiger partial charge in [-0.15, -0.1) is 5.10 Å². The fourth-order valence-corrected chi connectivity index (χ4v) is 1.55. The van der Waals surface area contributed by atoms with E-state index in [1.165, 1.54) is 5.56 Å². The van der Waals surface area contributed by atoms with E-state index in [0.717, 1.165) is 25.8 Å². The molecule has 0 saturated heterocycles. The summed E-state index contributed by atoms with van der Waals surface area (Å²) in [6.45, 7) is 0.852. The molecule has 0 unspecified atom stereocenters. The maximum absolute atomic E-state index is 9.13. The van der Waals surface area contributed by atoms with E-state index < -0.39 is 0 Å². The molecule has 1 N–H and O–H groups in total. The van der Waals surface area contributed by atoms with Crippen molar-refractivity contribution in [1.82, 2.24) is 20.2 Å². The highest BCUT2D eigenvalue weighted by Crippen LogP contribution is 2.11. The molecule has 0 aliphatic carbocycles. The Morgan fingerprint density at radius 1 is 1.12 bits per heavy atom. The summed E-state index contributed by atoms with van der Waals surface area (Å²) in [4.78, 5) is 0. The van der Waals surface area contributed by atoms with E-state index in [4.69, 9.17) is 5.11 Å². The Morgan fingerprint density at radius 2 is 1.94 bits per heavy atom. The SMILES string of the molecule is Oc1ccc(CCCCn2cnnn2)cc1. The van der Waals surface area contributed by atoms with Crippen LogP contribution in [0.25, 0.3) is 0 Å². The summed E-state index contributed by atoms with van der Waals surface area (Å²) in [5.41, 5.74) is 1.24. The van der Waals surface area contributed by atoms with Crippen molar-refractivity contribution in [2.75, 3.05) is 0 Å². The van der Waals surface area contributed by atoms with Gasteiger partial charge < -0.3 is 5.11 Å². The number of aromatic hydroxyl groups is 1. The van der Waals surface area contributed by atoms with Gasteiger partial charge in [0.2, 0.25) is 0 Å². The van der Waals surface area contributed by atoms with Gasteiger partial charge in [0.05, 0.1) is 0 Å². The molecule has 1 aromatic carbocycles. The molecule has 0 aliphatic heterocycles. The Kier molecular flexibility index (Phi) is 3.48. The molecule has 0 atom stereocenters. The van der Waals surface area contributed by atoms with Crippen LogP contribution in [0.5, 0.6) is 5.75 Å². The molecule has 0 aliphatic rings.